The monoisotopic (exact) mass is 290 g/mol. The molecule has 7 heteroatoms. The Bertz CT molecular complexity index is 507. The number of aliphatic carboxylic acids is 1. The normalized spacial score (nSPS) is 14.4. The summed E-state index contributed by atoms with van der Waals surface area (Å²) in [7, 11) is 1.05. The van der Waals surface area contributed by atoms with Crippen molar-refractivity contribution in [3.8, 4) is 0 Å². The molecule has 0 aliphatic heterocycles. The fourth-order valence-corrected chi connectivity index (χ4v) is 1.68. The van der Waals surface area contributed by atoms with Gasteiger partial charge in [0.1, 0.15) is 0 Å². The van der Waals surface area contributed by atoms with Gasteiger partial charge in [0, 0.05) is 0 Å². The van der Waals surface area contributed by atoms with Crippen LogP contribution < -0.4 is 0 Å². The third kappa shape index (κ3) is 3.28. The van der Waals surface area contributed by atoms with Crippen molar-refractivity contribution >= 4 is 11.9 Å². The molecule has 1 atom stereocenters. The van der Waals surface area contributed by atoms with Crippen LogP contribution in [-0.2, 0) is 26.9 Å². The molecule has 0 amide bonds. The summed E-state index contributed by atoms with van der Waals surface area (Å²) in [5, 5.41) is 9.10. The molecule has 1 rings (SSSR count). The van der Waals surface area contributed by atoms with E-state index in [4.69, 9.17) is 5.11 Å². The Hall–Kier alpha value is -2.05. The molecule has 0 aliphatic rings. The third-order valence-electron chi connectivity index (χ3n) is 2.95. The van der Waals surface area contributed by atoms with Crippen molar-refractivity contribution in [1.82, 2.24) is 0 Å². The zero-order valence-corrected chi connectivity index (χ0v) is 10.8. The Balaban J connectivity index is 3.02. The lowest BCUT2D eigenvalue weighted by atomic mass is 9.83. The van der Waals surface area contributed by atoms with Crippen LogP contribution in [0.15, 0.2) is 24.3 Å². The minimum absolute atomic E-state index is 0.257. The van der Waals surface area contributed by atoms with E-state index in [1.54, 1.807) is 0 Å². The molecule has 0 saturated carbocycles. The van der Waals surface area contributed by atoms with E-state index in [0.717, 1.165) is 31.4 Å². The van der Waals surface area contributed by atoms with E-state index in [-0.39, 0.29) is 6.42 Å². The number of halogens is 3. The molecule has 4 nitrogen and oxygen atoms in total. The average molecular weight is 290 g/mol. The summed E-state index contributed by atoms with van der Waals surface area (Å²) >= 11 is 0. The number of carboxylic acid groups (broad SMARTS) is 1. The van der Waals surface area contributed by atoms with Gasteiger partial charge in [-0.1, -0.05) is 12.1 Å². The van der Waals surface area contributed by atoms with Crippen LogP contribution in [0.4, 0.5) is 13.2 Å². The van der Waals surface area contributed by atoms with Crippen LogP contribution in [0.2, 0.25) is 0 Å². The fourth-order valence-electron chi connectivity index (χ4n) is 1.68. The molecule has 110 valence electrons. The molecule has 20 heavy (non-hydrogen) atoms. The maximum atomic E-state index is 12.4. The van der Waals surface area contributed by atoms with Crippen molar-refractivity contribution in [2.24, 2.45) is 5.41 Å². The molecule has 1 aromatic rings. The SMILES string of the molecule is COC(=O)C(C)(Cc1ccc(C(F)(F)F)cc1)C(=O)O. The van der Waals surface area contributed by atoms with Crippen LogP contribution in [0.5, 0.6) is 0 Å². The highest BCUT2D eigenvalue weighted by molar-refractivity contribution is 5.98. The number of ether oxygens (including phenoxy) is 1. The van der Waals surface area contributed by atoms with E-state index in [1.165, 1.54) is 6.92 Å². The van der Waals surface area contributed by atoms with Gasteiger partial charge in [0.2, 0.25) is 0 Å². The average Bonchev–Trinajstić information content (AvgIpc) is 2.36. The first kappa shape index (κ1) is 16.0. The largest absolute Gasteiger partial charge is 0.480 e. The Morgan fingerprint density at radius 2 is 1.70 bits per heavy atom. The van der Waals surface area contributed by atoms with Gasteiger partial charge >= 0.3 is 18.1 Å². The van der Waals surface area contributed by atoms with Crippen LogP contribution in [-0.4, -0.2) is 24.2 Å². The number of hydrogen-bond donors (Lipinski definition) is 1. The summed E-state index contributed by atoms with van der Waals surface area (Å²) in [6.07, 6.45) is -4.72. The molecule has 0 aromatic heterocycles. The van der Waals surface area contributed by atoms with Crippen LogP contribution in [0.1, 0.15) is 18.1 Å². The molecule has 0 heterocycles. The highest BCUT2D eigenvalue weighted by atomic mass is 19.4. The summed E-state index contributed by atoms with van der Waals surface area (Å²) in [6.45, 7) is 1.17. The quantitative estimate of drug-likeness (QED) is 0.683. The smallest absolute Gasteiger partial charge is 0.416 e. The van der Waals surface area contributed by atoms with E-state index in [9.17, 15) is 22.8 Å². The fraction of sp³-hybridized carbons (Fsp3) is 0.385. The minimum atomic E-state index is -4.46. The summed E-state index contributed by atoms with van der Waals surface area (Å²) in [4.78, 5) is 22.7. The van der Waals surface area contributed by atoms with Crippen molar-refractivity contribution in [2.45, 2.75) is 19.5 Å². The van der Waals surface area contributed by atoms with Crippen LogP contribution in [0, 0.1) is 5.41 Å². The van der Waals surface area contributed by atoms with Crippen molar-refractivity contribution in [2.75, 3.05) is 7.11 Å². The van der Waals surface area contributed by atoms with E-state index in [0.29, 0.717) is 5.56 Å². The van der Waals surface area contributed by atoms with Gasteiger partial charge in [-0.2, -0.15) is 13.2 Å². The molecule has 1 N–H and O–H groups in total. The van der Waals surface area contributed by atoms with Crippen LogP contribution in [0.3, 0.4) is 0 Å². The van der Waals surface area contributed by atoms with E-state index < -0.39 is 29.1 Å². The molecule has 0 spiro atoms. The Labute approximate surface area is 113 Å². The highest BCUT2D eigenvalue weighted by Crippen LogP contribution is 2.30. The number of carboxylic acids is 1. The number of methoxy groups -OCH3 is 1. The standard InChI is InChI=1S/C13H13F3O4/c1-12(10(17)18,11(19)20-2)7-8-3-5-9(6-4-8)13(14,15)16/h3-6H,7H2,1-2H3,(H,17,18). The second kappa shape index (κ2) is 5.52. The lowest BCUT2D eigenvalue weighted by molar-refractivity contribution is -0.165. The number of carbonyl (C=O) groups excluding carboxylic acids is 1. The first-order chi connectivity index (χ1) is 9.11. The second-order valence-electron chi connectivity index (χ2n) is 4.50. The molecule has 0 bridgehead atoms. The van der Waals surface area contributed by atoms with E-state index in [2.05, 4.69) is 4.74 Å². The van der Waals surface area contributed by atoms with Gasteiger partial charge in [-0.3, -0.25) is 9.59 Å². The van der Waals surface area contributed by atoms with Crippen LogP contribution in [0.25, 0.3) is 0 Å². The molecule has 0 saturated heterocycles. The Kier molecular flexibility index (Phi) is 4.42. The van der Waals surface area contributed by atoms with Crippen molar-refractivity contribution < 1.29 is 32.6 Å². The lowest BCUT2D eigenvalue weighted by Gasteiger charge is -2.21. The number of esters is 1. The molecule has 0 fully saturated rings. The topological polar surface area (TPSA) is 63.6 Å². The first-order valence-corrected chi connectivity index (χ1v) is 5.59. The Morgan fingerprint density at radius 3 is 2.05 bits per heavy atom. The van der Waals surface area contributed by atoms with Crippen molar-refractivity contribution in [3.05, 3.63) is 35.4 Å². The number of benzene rings is 1. The predicted octanol–water partition coefficient (Wildman–Crippen LogP) is 2.51. The summed E-state index contributed by atoms with van der Waals surface area (Å²) in [5.41, 5.74) is -2.38. The first-order valence-electron chi connectivity index (χ1n) is 5.59. The molecular weight excluding hydrogens is 277 g/mol. The van der Waals surface area contributed by atoms with Crippen molar-refractivity contribution in [1.29, 1.82) is 0 Å². The van der Waals surface area contributed by atoms with Gasteiger partial charge in [-0.05, 0) is 31.0 Å². The number of rotatable bonds is 4. The van der Waals surface area contributed by atoms with Gasteiger partial charge in [0.15, 0.2) is 5.41 Å². The van der Waals surface area contributed by atoms with Gasteiger partial charge in [0.05, 0.1) is 12.7 Å². The molecular formula is C13H13F3O4. The molecule has 0 aliphatic carbocycles. The minimum Gasteiger partial charge on any atom is -0.480 e. The van der Waals surface area contributed by atoms with Gasteiger partial charge in [0.25, 0.3) is 0 Å². The summed E-state index contributed by atoms with van der Waals surface area (Å²) in [6, 6.07) is 3.98. The lowest BCUT2D eigenvalue weighted by Crippen LogP contribution is -2.39. The molecule has 1 aromatic carbocycles. The maximum Gasteiger partial charge on any atom is 0.416 e. The van der Waals surface area contributed by atoms with Gasteiger partial charge in [-0.25, -0.2) is 0 Å². The zero-order chi connectivity index (χ0) is 15.6. The number of carbonyl (C=O) groups is 2. The number of hydrogen-bond acceptors (Lipinski definition) is 3. The third-order valence-corrected chi connectivity index (χ3v) is 2.95. The number of alkyl halides is 3. The van der Waals surface area contributed by atoms with Crippen molar-refractivity contribution in [3.63, 3.8) is 0 Å². The zero-order valence-electron chi connectivity index (χ0n) is 10.8. The predicted molar refractivity (Wildman–Crippen MR) is 62.9 cm³/mol. The van der Waals surface area contributed by atoms with E-state index >= 15 is 0 Å². The summed E-state index contributed by atoms with van der Waals surface area (Å²) < 4.78 is 41.6. The summed E-state index contributed by atoms with van der Waals surface area (Å²) in [5.74, 6) is -2.35. The molecule has 1 unspecified atom stereocenters. The molecule has 0 radical (unpaired) electrons. The van der Waals surface area contributed by atoms with Gasteiger partial charge < -0.3 is 9.84 Å². The Morgan fingerprint density at radius 1 is 1.20 bits per heavy atom. The maximum absolute atomic E-state index is 12.4. The van der Waals surface area contributed by atoms with Gasteiger partial charge in [-0.15, -0.1) is 0 Å². The van der Waals surface area contributed by atoms with Crippen LogP contribution >= 0.6 is 0 Å². The van der Waals surface area contributed by atoms with E-state index in [1.807, 2.05) is 0 Å². The second-order valence-corrected chi connectivity index (χ2v) is 4.50. The highest BCUT2D eigenvalue weighted by Gasteiger charge is 2.42.